The van der Waals surface area contributed by atoms with Gasteiger partial charge in [-0.3, -0.25) is 4.79 Å². The summed E-state index contributed by atoms with van der Waals surface area (Å²) in [6, 6.07) is 0. The number of carbonyl (C=O) groups is 2. The first-order valence-corrected chi connectivity index (χ1v) is 8.95. The average Bonchev–Trinajstić information content (AvgIpc) is 3.06. The molecule has 1 fully saturated rings. The molecule has 0 unspecified atom stereocenters. The third-order valence-electron chi connectivity index (χ3n) is 4.23. The molecule has 0 spiro atoms. The number of Topliss-reactive ketones (excluding diaryl/α,β-unsaturated/α-hetero) is 1. The van der Waals surface area contributed by atoms with Crippen molar-refractivity contribution in [3.8, 4) is 0 Å². The van der Waals surface area contributed by atoms with Gasteiger partial charge in [0.25, 0.3) is 0 Å². The van der Waals surface area contributed by atoms with Gasteiger partial charge in [0, 0.05) is 10.9 Å². The molecule has 1 heterocycles. The fourth-order valence-corrected chi connectivity index (χ4v) is 4.51. The molecule has 0 amide bonds. The monoisotopic (exact) mass is 323 g/mol. The van der Waals surface area contributed by atoms with Crippen molar-refractivity contribution >= 4 is 23.5 Å². The van der Waals surface area contributed by atoms with Crippen LogP contribution in [0.5, 0.6) is 0 Å². The van der Waals surface area contributed by atoms with E-state index < -0.39 is 0 Å². The Morgan fingerprint density at radius 1 is 1.32 bits per heavy atom. The van der Waals surface area contributed by atoms with Crippen LogP contribution < -0.4 is 0 Å². The van der Waals surface area contributed by atoms with Gasteiger partial charge in [0.1, 0.15) is 0 Å². The molecule has 1 atom stereocenters. The Morgan fingerprint density at radius 2 is 1.95 bits per heavy atom. The second-order valence-corrected chi connectivity index (χ2v) is 7.54. The molecule has 0 radical (unpaired) electrons. The van der Waals surface area contributed by atoms with Crippen molar-refractivity contribution in [3.05, 3.63) is 22.5 Å². The van der Waals surface area contributed by atoms with Crippen molar-refractivity contribution in [1.82, 2.24) is 4.98 Å². The summed E-state index contributed by atoms with van der Waals surface area (Å²) in [5.41, 5.74) is 2.47. The Bertz CT molecular complexity index is 558. The number of carbonyl (C=O) groups excluding carboxylic acids is 2. The van der Waals surface area contributed by atoms with Crippen LogP contribution in [-0.2, 0) is 4.74 Å². The number of H-pyrrole nitrogens is 1. The van der Waals surface area contributed by atoms with Crippen LogP contribution in [0.15, 0.2) is 0 Å². The van der Waals surface area contributed by atoms with Crippen LogP contribution in [0, 0.1) is 13.8 Å². The molecule has 122 valence electrons. The molecule has 0 saturated heterocycles. The molecular weight excluding hydrogens is 298 g/mol. The summed E-state index contributed by atoms with van der Waals surface area (Å²) in [4.78, 5) is 27.8. The molecule has 1 aliphatic rings. The Labute approximate surface area is 136 Å². The van der Waals surface area contributed by atoms with Gasteiger partial charge >= 0.3 is 5.97 Å². The Morgan fingerprint density at radius 3 is 2.55 bits per heavy atom. The zero-order valence-electron chi connectivity index (χ0n) is 13.8. The van der Waals surface area contributed by atoms with Crippen LogP contribution in [0.25, 0.3) is 0 Å². The lowest BCUT2D eigenvalue weighted by atomic mass is 10.1. The van der Waals surface area contributed by atoms with Crippen LogP contribution in [0.1, 0.15) is 71.6 Å². The van der Waals surface area contributed by atoms with Gasteiger partial charge < -0.3 is 9.72 Å². The number of rotatable bonds is 6. The van der Waals surface area contributed by atoms with Crippen LogP contribution in [0.4, 0.5) is 0 Å². The van der Waals surface area contributed by atoms with Crippen molar-refractivity contribution in [2.45, 2.75) is 63.9 Å². The highest BCUT2D eigenvalue weighted by molar-refractivity contribution is 8.01. The summed E-state index contributed by atoms with van der Waals surface area (Å²) in [6.07, 6.45) is 4.96. The second-order valence-electron chi connectivity index (χ2n) is 5.89. The number of thioether (sulfide) groups is 1. The molecule has 0 aromatic carbocycles. The fraction of sp³-hybridized carbons (Fsp3) is 0.647. The van der Waals surface area contributed by atoms with Crippen molar-refractivity contribution in [3.63, 3.8) is 0 Å². The number of aryl methyl sites for hydroxylation is 1. The van der Waals surface area contributed by atoms with Crippen LogP contribution >= 0.6 is 11.8 Å². The molecular formula is C17H25NO3S. The van der Waals surface area contributed by atoms with Gasteiger partial charge in [-0.25, -0.2) is 4.79 Å². The molecule has 1 aliphatic carbocycles. The summed E-state index contributed by atoms with van der Waals surface area (Å²) in [5, 5.41) is 0.509. The number of ketones is 1. The molecule has 0 bridgehead atoms. The standard InChI is InChI=1S/C17H25NO3S/c1-5-21-17(20)14-10(2)15(18-11(14)3)16(19)12(4)22-13-8-6-7-9-13/h12-13,18H,5-9H2,1-4H3/t12-/m1/s1. The number of aromatic nitrogens is 1. The predicted octanol–water partition coefficient (Wildman–Crippen LogP) is 4.06. The van der Waals surface area contributed by atoms with Crippen LogP contribution in [0.3, 0.4) is 0 Å². The highest BCUT2D eigenvalue weighted by Crippen LogP contribution is 2.33. The third-order valence-corrected chi connectivity index (χ3v) is 5.71. The van der Waals surface area contributed by atoms with Gasteiger partial charge in [-0.2, -0.15) is 0 Å². The first-order valence-electron chi connectivity index (χ1n) is 8.01. The fourth-order valence-electron chi connectivity index (χ4n) is 3.08. The first kappa shape index (κ1) is 17.1. The molecule has 1 N–H and O–H groups in total. The van der Waals surface area contributed by atoms with E-state index in [-0.39, 0.29) is 17.0 Å². The minimum absolute atomic E-state index is 0.0769. The van der Waals surface area contributed by atoms with Crippen molar-refractivity contribution in [1.29, 1.82) is 0 Å². The molecule has 4 nitrogen and oxygen atoms in total. The number of esters is 1. The predicted molar refractivity (Wildman–Crippen MR) is 89.9 cm³/mol. The van der Waals surface area contributed by atoms with E-state index >= 15 is 0 Å². The smallest absolute Gasteiger partial charge is 0.340 e. The SMILES string of the molecule is CCOC(=O)c1c(C)[nH]c(C(=O)[C@@H](C)SC2CCCC2)c1C. The highest BCUT2D eigenvalue weighted by Gasteiger charge is 2.28. The zero-order valence-corrected chi connectivity index (χ0v) is 14.6. The summed E-state index contributed by atoms with van der Waals surface area (Å²) in [5.74, 6) is -0.281. The van der Waals surface area contributed by atoms with E-state index in [1.165, 1.54) is 25.7 Å². The minimum Gasteiger partial charge on any atom is -0.462 e. The van der Waals surface area contributed by atoms with Gasteiger partial charge in [0.2, 0.25) is 0 Å². The van der Waals surface area contributed by atoms with E-state index in [1.807, 2.05) is 20.8 Å². The normalized spacial score (nSPS) is 16.7. The van der Waals surface area contributed by atoms with E-state index in [2.05, 4.69) is 4.98 Å². The Hall–Kier alpha value is -1.23. The second kappa shape index (κ2) is 7.36. The summed E-state index contributed by atoms with van der Waals surface area (Å²) in [7, 11) is 0. The largest absolute Gasteiger partial charge is 0.462 e. The van der Waals surface area contributed by atoms with Crippen molar-refractivity contribution in [2.75, 3.05) is 6.61 Å². The molecule has 1 saturated carbocycles. The maximum absolute atomic E-state index is 12.7. The van der Waals surface area contributed by atoms with Gasteiger partial charge in [-0.1, -0.05) is 12.8 Å². The number of hydrogen-bond acceptors (Lipinski definition) is 4. The van der Waals surface area contributed by atoms with E-state index in [1.54, 1.807) is 18.7 Å². The lowest BCUT2D eigenvalue weighted by Gasteiger charge is -2.15. The molecule has 22 heavy (non-hydrogen) atoms. The topological polar surface area (TPSA) is 59.2 Å². The Balaban J connectivity index is 2.15. The number of nitrogens with one attached hydrogen (secondary N) is 1. The maximum Gasteiger partial charge on any atom is 0.340 e. The quantitative estimate of drug-likeness (QED) is 0.633. The highest BCUT2D eigenvalue weighted by atomic mass is 32.2. The molecule has 5 heteroatoms. The van der Waals surface area contributed by atoms with E-state index in [0.29, 0.717) is 34.4 Å². The van der Waals surface area contributed by atoms with Crippen LogP contribution in [-0.4, -0.2) is 33.8 Å². The van der Waals surface area contributed by atoms with Gasteiger partial charge in [-0.15, -0.1) is 11.8 Å². The third kappa shape index (κ3) is 3.57. The van der Waals surface area contributed by atoms with Gasteiger partial charge in [-0.05, 0) is 46.1 Å². The van der Waals surface area contributed by atoms with Crippen molar-refractivity contribution < 1.29 is 14.3 Å². The Kier molecular flexibility index (Phi) is 5.73. The molecule has 1 aromatic rings. The summed E-state index contributed by atoms with van der Waals surface area (Å²) >= 11 is 1.77. The molecule has 2 rings (SSSR count). The molecule has 1 aromatic heterocycles. The van der Waals surface area contributed by atoms with Gasteiger partial charge in [0.05, 0.1) is 23.1 Å². The number of ether oxygens (including phenoxy) is 1. The van der Waals surface area contributed by atoms with Crippen LogP contribution in [0.2, 0.25) is 0 Å². The minimum atomic E-state index is -0.358. The van der Waals surface area contributed by atoms with E-state index in [4.69, 9.17) is 4.74 Å². The zero-order chi connectivity index (χ0) is 16.3. The number of hydrogen-bond donors (Lipinski definition) is 1. The summed E-state index contributed by atoms with van der Waals surface area (Å²) in [6.45, 7) is 7.70. The molecule has 0 aliphatic heterocycles. The van der Waals surface area contributed by atoms with E-state index in [9.17, 15) is 9.59 Å². The van der Waals surface area contributed by atoms with Crippen molar-refractivity contribution in [2.24, 2.45) is 0 Å². The average molecular weight is 323 g/mol. The number of aromatic amines is 1. The first-order chi connectivity index (χ1) is 10.5. The van der Waals surface area contributed by atoms with E-state index in [0.717, 1.165) is 0 Å². The lowest BCUT2D eigenvalue weighted by molar-refractivity contribution is 0.0525. The maximum atomic E-state index is 12.7. The lowest BCUT2D eigenvalue weighted by Crippen LogP contribution is -2.18. The summed E-state index contributed by atoms with van der Waals surface area (Å²) < 4.78 is 5.08. The van der Waals surface area contributed by atoms with Gasteiger partial charge in [0.15, 0.2) is 5.78 Å².